The van der Waals surface area contributed by atoms with Gasteiger partial charge in [-0.05, 0) is 50.2 Å². The van der Waals surface area contributed by atoms with Gasteiger partial charge in [-0.15, -0.1) is 5.10 Å². The van der Waals surface area contributed by atoms with Crippen LogP contribution in [0.1, 0.15) is 23.7 Å². The van der Waals surface area contributed by atoms with E-state index in [0.717, 1.165) is 5.56 Å². The molecule has 13 nitrogen and oxygen atoms in total. The maximum absolute atomic E-state index is 13.7. The van der Waals surface area contributed by atoms with Gasteiger partial charge in [-0.2, -0.15) is 13.7 Å². The Kier molecular flexibility index (Phi) is 11.7. The Bertz CT molecular complexity index is 2190. The zero-order valence-corrected chi connectivity index (χ0v) is 28.6. The van der Waals surface area contributed by atoms with Gasteiger partial charge < -0.3 is 20.7 Å². The third-order valence-electron chi connectivity index (χ3n) is 7.13. The zero-order valence-electron chi connectivity index (χ0n) is 27.0. The van der Waals surface area contributed by atoms with Gasteiger partial charge in [0.25, 0.3) is 10.1 Å². The molecule has 5 rings (SSSR count). The molecule has 0 atom stereocenters. The number of carbonyl (C=O) groups is 1. The molecule has 3 N–H and O–H groups in total. The number of aryl methyl sites for hydroxylation is 1. The van der Waals surface area contributed by atoms with Crippen molar-refractivity contribution in [3.8, 4) is 11.8 Å². The number of anilines is 3. The van der Waals surface area contributed by atoms with E-state index in [-0.39, 0.29) is 28.6 Å². The number of halogens is 2. The molecular weight excluding hydrogens is 687 g/mol. The molecule has 5 aromatic rings. The molecule has 2 heterocycles. The number of fused-ring (bicyclic) bond motifs is 1. The summed E-state index contributed by atoms with van der Waals surface area (Å²) in [5.74, 6) is -0.621. The van der Waals surface area contributed by atoms with E-state index >= 15 is 0 Å². The Hall–Kier alpha value is -5.40. The number of nitriles is 1. The van der Waals surface area contributed by atoms with E-state index in [4.69, 9.17) is 20.5 Å². The molecule has 0 spiro atoms. The van der Waals surface area contributed by atoms with E-state index in [1.165, 1.54) is 47.3 Å². The van der Waals surface area contributed by atoms with Gasteiger partial charge in [0.2, 0.25) is 5.91 Å². The fourth-order valence-corrected chi connectivity index (χ4v) is 5.78. The van der Waals surface area contributed by atoms with Crippen LogP contribution in [-0.4, -0.2) is 54.1 Å². The van der Waals surface area contributed by atoms with E-state index in [1.807, 2.05) is 13.8 Å². The first-order valence-corrected chi connectivity index (χ1v) is 17.1. The third kappa shape index (κ3) is 9.18. The van der Waals surface area contributed by atoms with Crippen LogP contribution in [0.2, 0.25) is 5.02 Å². The third-order valence-corrected chi connectivity index (χ3v) is 8.74. The zero-order chi connectivity index (χ0) is 35.7. The highest BCUT2D eigenvalue weighted by Crippen LogP contribution is 2.36. The fourth-order valence-electron chi connectivity index (χ4n) is 4.70. The molecule has 258 valence electrons. The monoisotopic (exact) mass is 718 g/mol. The number of hydrogen-bond donors (Lipinski definition) is 3. The number of benzene rings is 3. The summed E-state index contributed by atoms with van der Waals surface area (Å²) >= 11 is 5.96. The lowest BCUT2D eigenvalue weighted by Crippen LogP contribution is -2.15. The lowest BCUT2D eigenvalue weighted by atomic mass is 10.1. The molecule has 0 fully saturated rings. The van der Waals surface area contributed by atoms with Crippen LogP contribution >= 0.6 is 11.6 Å². The van der Waals surface area contributed by atoms with E-state index in [2.05, 4.69) is 37.3 Å². The summed E-state index contributed by atoms with van der Waals surface area (Å²) in [6, 6.07) is 15.9. The van der Waals surface area contributed by atoms with Crippen LogP contribution in [0.5, 0.6) is 5.75 Å². The Morgan fingerprint density at radius 2 is 1.96 bits per heavy atom. The molecule has 0 unspecified atom stereocenters. The maximum atomic E-state index is 13.7. The van der Waals surface area contributed by atoms with Crippen molar-refractivity contribution < 1.29 is 26.5 Å². The van der Waals surface area contributed by atoms with Crippen LogP contribution in [0.25, 0.3) is 10.9 Å². The second-order valence-electron chi connectivity index (χ2n) is 10.8. The number of ether oxygens (including phenoxy) is 1. The van der Waals surface area contributed by atoms with Crippen molar-refractivity contribution in [2.75, 3.05) is 30.4 Å². The minimum atomic E-state index is -3.88. The molecule has 0 radical (unpaired) electrons. The molecular formula is C34H32ClFN8O5S. The van der Waals surface area contributed by atoms with Crippen molar-refractivity contribution >= 4 is 55.6 Å². The van der Waals surface area contributed by atoms with Crippen LogP contribution in [-0.2, 0) is 32.2 Å². The smallest absolute Gasteiger partial charge is 0.297 e. The summed E-state index contributed by atoms with van der Waals surface area (Å²) in [4.78, 5) is 17.4. The molecule has 0 aliphatic rings. The van der Waals surface area contributed by atoms with E-state index in [9.17, 15) is 22.9 Å². The topological polar surface area (TPSA) is 173 Å². The minimum absolute atomic E-state index is 0.0825. The Balaban J connectivity index is 1.17. The number of rotatable bonds is 15. The van der Waals surface area contributed by atoms with Gasteiger partial charge in [-0.3, -0.25) is 14.0 Å². The van der Waals surface area contributed by atoms with E-state index in [1.54, 1.807) is 36.5 Å². The normalized spacial score (nSPS) is 11.5. The summed E-state index contributed by atoms with van der Waals surface area (Å²) in [6.07, 6.45) is 6.07. The van der Waals surface area contributed by atoms with E-state index < -0.39 is 21.8 Å². The van der Waals surface area contributed by atoms with Gasteiger partial charge in [-0.1, -0.05) is 40.6 Å². The SMILES string of the molecule is CCOc1cc2ncc(C#N)c(Nc3ccc(F)c(Cl)c3)c2cc1NC(=O)C=CCNCc1cn(CCOS(=O)(=O)c2ccc(C)cc2)nn1. The minimum Gasteiger partial charge on any atom is -0.492 e. The fraction of sp³-hybridized carbons (Fsp3) is 0.206. The van der Waals surface area contributed by atoms with Crippen LogP contribution in [0.15, 0.2) is 84.0 Å². The average Bonchev–Trinajstić information content (AvgIpc) is 3.54. The highest BCUT2D eigenvalue weighted by molar-refractivity contribution is 7.86. The van der Waals surface area contributed by atoms with Gasteiger partial charge in [0.05, 0.1) is 57.8 Å². The first kappa shape index (κ1) is 35.9. The number of nitrogens with one attached hydrogen (secondary N) is 3. The van der Waals surface area contributed by atoms with Crippen molar-refractivity contribution in [2.24, 2.45) is 0 Å². The summed E-state index contributed by atoms with van der Waals surface area (Å²) in [5, 5.41) is 27.3. The largest absolute Gasteiger partial charge is 0.492 e. The highest BCUT2D eigenvalue weighted by Gasteiger charge is 2.17. The van der Waals surface area contributed by atoms with Crippen LogP contribution in [0.3, 0.4) is 0 Å². The summed E-state index contributed by atoms with van der Waals surface area (Å²) in [6.45, 7) is 4.75. The Morgan fingerprint density at radius 1 is 1.16 bits per heavy atom. The summed E-state index contributed by atoms with van der Waals surface area (Å²) < 4.78 is 50.8. The molecule has 0 aliphatic heterocycles. The number of amides is 1. The lowest BCUT2D eigenvalue weighted by molar-refractivity contribution is -0.111. The second kappa shape index (κ2) is 16.3. The predicted octanol–water partition coefficient (Wildman–Crippen LogP) is 5.63. The number of hydrogen-bond acceptors (Lipinski definition) is 11. The van der Waals surface area contributed by atoms with Crippen molar-refractivity contribution in [1.82, 2.24) is 25.3 Å². The summed E-state index contributed by atoms with van der Waals surface area (Å²) in [5.41, 5.74) is 3.48. The highest BCUT2D eigenvalue weighted by atomic mass is 35.5. The number of carbonyl (C=O) groups excluding carboxylic acids is 1. The molecule has 0 aliphatic carbocycles. The molecule has 0 bridgehead atoms. The summed E-state index contributed by atoms with van der Waals surface area (Å²) in [7, 11) is -3.88. The Morgan fingerprint density at radius 3 is 2.70 bits per heavy atom. The van der Waals surface area contributed by atoms with Gasteiger partial charge in [0.15, 0.2) is 0 Å². The van der Waals surface area contributed by atoms with Gasteiger partial charge in [0.1, 0.15) is 17.6 Å². The first-order chi connectivity index (χ1) is 24.1. The van der Waals surface area contributed by atoms with Crippen molar-refractivity contribution in [3.63, 3.8) is 0 Å². The van der Waals surface area contributed by atoms with Crippen LogP contribution in [0, 0.1) is 24.1 Å². The molecule has 2 aromatic heterocycles. The maximum Gasteiger partial charge on any atom is 0.297 e. The molecule has 3 aromatic carbocycles. The molecule has 0 saturated carbocycles. The quantitative estimate of drug-likeness (QED) is 0.0696. The van der Waals surface area contributed by atoms with Crippen molar-refractivity contribution in [3.05, 3.63) is 107 Å². The van der Waals surface area contributed by atoms with Gasteiger partial charge in [0, 0.05) is 48.7 Å². The predicted molar refractivity (Wildman–Crippen MR) is 186 cm³/mol. The standard InChI is InChI=1S/C34H32ClFN8O5S/c1-3-48-32-17-30-27(34(23(18-37)19-39-30)40-24-8-11-29(36)28(35)15-24)16-31(32)41-33(45)5-4-12-38-20-25-21-44(43-42-25)13-14-49-50(46,47)26-9-6-22(2)7-10-26/h4-11,15-17,19,21,38H,3,12-14,20H2,1-2H3,(H,39,40)(H,41,45). The van der Waals surface area contributed by atoms with E-state index in [0.29, 0.717) is 59.1 Å². The molecule has 1 amide bonds. The van der Waals surface area contributed by atoms with Gasteiger partial charge in [-0.25, -0.2) is 9.07 Å². The lowest BCUT2D eigenvalue weighted by Gasteiger charge is -2.16. The first-order valence-electron chi connectivity index (χ1n) is 15.3. The van der Waals surface area contributed by atoms with Crippen molar-refractivity contribution in [1.29, 1.82) is 5.26 Å². The molecule has 0 saturated heterocycles. The van der Waals surface area contributed by atoms with Crippen LogP contribution < -0.4 is 20.7 Å². The number of aromatic nitrogens is 4. The molecule has 16 heteroatoms. The number of pyridine rings is 1. The second-order valence-corrected chi connectivity index (χ2v) is 12.8. The average molecular weight is 719 g/mol. The Labute approximate surface area is 292 Å². The van der Waals surface area contributed by atoms with Crippen molar-refractivity contribution in [2.45, 2.75) is 31.8 Å². The van der Waals surface area contributed by atoms with Gasteiger partial charge >= 0.3 is 0 Å². The molecule has 50 heavy (non-hydrogen) atoms. The number of nitrogens with zero attached hydrogens (tertiary/aromatic N) is 5. The van der Waals surface area contributed by atoms with Crippen LogP contribution in [0.4, 0.5) is 21.5 Å².